The molecule has 12 heteroatoms. The van der Waals surface area contributed by atoms with Gasteiger partial charge in [0.1, 0.15) is 0 Å². The van der Waals surface area contributed by atoms with Gasteiger partial charge in [-0.1, -0.05) is 6.07 Å². The van der Waals surface area contributed by atoms with E-state index >= 15 is 0 Å². The molecule has 27 heavy (non-hydrogen) atoms. The van der Waals surface area contributed by atoms with Crippen molar-refractivity contribution in [3.05, 3.63) is 68.1 Å². The lowest BCUT2D eigenvalue weighted by molar-refractivity contribution is -0.574. The highest BCUT2D eigenvalue weighted by Crippen LogP contribution is 2.37. The predicted octanol–water partition coefficient (Wildman–Crippen LogP) is 2.79. The SMILES string of the molecule is O=C(NCc1ccccn1)c1sc2c([N+](=O)[O-])cc(C(F)(F)F)cc2[n+]1[O-]. The summed E-state index contributed by atoms with van der Waals surface area (Å²) in [6, 6.07) is 5.80. The Bertz CT molecular complexity index is 1040. The molecule has 3 aromatic rings. The van der Waals surface area contributed by atoms with E-state index in [2.05, 4.69) is 10.3 Å². The minimum atomic E-state index is -4.88. The Labute approximate surface area is 152 Å². The van der Waals surface area contributed by atoms with E-state index in [1.165, 1.54) is 6.20 Å². The highest BCUT2D eigenvalue weighted by Gasteiger charge is 2.37. The lowest BCUT2D eigenvalue weighted by atomic mass is 10.2. The van der Waals surface area contributed by atoms with Crippen molar-refractivity contribution < 1.29 is 27.6 Å². The number of aromatic nitrogens is 2. The lowest BCUT2D eigenvalue weighted by Crippen LogP contribution is -2.37. The summed E-state index contributed by atoms with van der Waals surface area (Å²) >= 11 is 0.450. The summed E-state index contributed by atoms with van der Waals surface area (Å²) in [5.41, 5.74) is -2.33. The zero-order chi connectivity index (χ0) is 19.8. The van der Waals surface area contributed by atoms with E-state index in [1.807, 2.05) is 0 Å². The number of hydrogen-bond donors (Lipinski definition) is 1. The summed E-state index contributed by atoms with van der Waals surface area (Å²) < 4.78 is 38.5. The Morgan fingerprint density at radius 3 is 2.67 bits per heavy atom. The van der Waals surface area contributed by atoms with Crippen LogP contribution in [-0.2, 0) is 12.7 Å². The molecule has 0 fully saturated rings. The van der Waals surface area contributed by atoms with E-state index in [-0.39, 0.29) is 16.0 Å². The van der Waals surface area contributed by atoms with Crippen LogP contribution in [0.3, 0.4) is 0 Å². The fraction of sp³-hybridized carbons (Fsp3) is 0.133. The molecule has 0 atom stereocenters. The van der Waals surface area contributed by atoms with Crippen molar-refractivity contribution >= 4 is 33.1 Å². The molecule has 0 aliphatic rings. The van der Waals surface area contributed by atoms with Gasteiger partial charge in [0.15, 0.2) is 4.70 Å². The second-order valence-electron chi connectivity index (χ2n) is 5.30. The number of rotatable bonds is 4. The normalized spacial score (nSPS) is 11.5. The molecule has 140 valence electrons. The van der Waals surface area contributed by atoms with Gasteiger partial charge >= 0.3 is 17.1 Å². The number of amides is 1. The minimum absolute atomic E-state index is 0.0240. The zero-order valence-electron chi connectivity index (χ0n) is 13.2. The number of nitrogens with one attached hydrogen (secondary N) is 1. The number of thiazole rings is 1. The summed E-state index contributed by atoms with van der Waals surface area (Å²) in [7, 11) is 0. The monoisotopic (exact) mass is 398 g/mol. The Hall–Kier alpha value is -3.28. The van der Waals surface area contributed by atoms with Gasteiger partial charge in [-0.2, -0.15) is 13.2 Å². The molecule has 0 spiro atoms. The maximum Gasteiger partial charge on any atom is 0.416 e. The van der Waals surface area contributed by atoms with Crippen LogP contribution in [-0.4, -0.2) is 15.8 Å². The van der Waals surface area contributed by atoms with Crippen LogP contribution in [0, 0.1) is 15.3 Å². The van der Waals surface area contributed by atoms with E-state index in [0.29, 0.717) is 29.2 Å². The fourth-order valence-corrected chi connectivity index (χ4v) is 3.31. The number of fused-ring (bicyclic) bond motifs is 1. The standard InChI is InChI=1S/C15H9F3N4O4S/c16-15(17,18)8-5-10-12(11(6-8)22(25)26)27-14(21(10)24)13(23)20-7-9-3-1-2-4-19-9/h1-6H,7H2,(H,20,23). The lowest BCUT2D eigenvalue weighted by Gasteiger charge is -2.06. The molecule has 1 amide bonds. The van der Waals surface area contributed by atoms with Gasteiger partial charge in [0.25, 0.3) is 5.69 Å². The molecule has 2 aromatic heterocycles. The van der Waals surface area contributed by atoms with Crippen LogP contribution < -0.4 is 10.0 Å². The fourth-order valence-electron chi connectivity index (χ4n) is 2.29. The molecule has 2 heterocycles. The number of hydrogen-bond acceptors (Lipinski definition) is 6. The van der Waals surface area contributed by atoms with Gasteiger partial charge in [0, 0.05) is 18.3 Å². The van der Waals surface area contributed by atoms with Gasteiger partial charge in [0.05, 0.1) is 22.7 Å². The number of carbonyl (C=O) groups excluding carboxylic acids is 1. The van der Waals surface area contributed by atoms with Gasteiger partial charge in [-0.15, -0.1) is 4.73 Å². The van der Waals surface area contributed by atoms with Crippen LogP contribution in [0.15, 0.2) is 36.5 Å². The van der Waals surface area contributed by atoms with Crippen molar-refractivity contribution in [1.82, 2.24) is 10.3 Å². The van der Waals surface area contributed by atoms with E-state index in [1.54, 1.807) is 18.2 Å². The van der Waals surface area contributed by atoms with E-state index < -0.39 is 38.8 Å². The summed E-state index contributed by atoms with van der Waals surface area (Å²) in [5.74, 6) is -0.875. The van der Waals surface area contributed by atoms with Gasteiger partial charge in [0.2, 0.25) is 5.52 Å². The van der Waals surface area contributed by atoms with Gasteiger partial charge in [-0.3, -0.25) is 19.9 Å². The third-order valence-corrected chi connectivity index (χ3v) is 4.69. The summed E-state index contributed by atoms with van der Waals surface area (Å²) in [4.78, 5) is 26.3. The third-order valence-electron chi connectivity index (χ3n) is 3.53. The number of pyridine rings is 1. The van der Waals surface area contributed by atoms with Crippen molar-refractivity contribution in [2.24, 2.45) is 0 Å². The Balaban J connectivity index is 2.02. The maximum atomic E-state index is 12.9. The first-order chi connectivity index (χ1) is 12.7. The largest absolute Gasteiger partial charge is 0.617 e. The zero-order valence-corrected chi connectivity index (χ0v) is 14.0. The van der Waals surface area contributed by atoms with Gasteiger partial charge < -0.3 is 10.5 Å². The highest BCUT2D eigenvalue weighted by atomic mass is 32.1. The number of nitro benzene ring substituents is 1. The molecule has 0 bridgehead atoms. The van der Waals surface area contributed by atoms with Crippen molar-refractivity contribution in [2.75, 3.05) is 0 Å². The van der Waals surface area contributed by atoms with E-state index in [9.17, 15) is 33.3 Å². The number of benzene rings is 1. The first-order valence-corrected chi connectivity index (χ1v) is 8.10. The van der Waals surface area contributed by atoms with Crippen LogP contribution in [0.4, 0.5) is 18.9 Å². The average Bonchev–Trinajstić information content (AvgIpc) is 2.96. The topological polar surface area (TPSA) is 112 Å². The van der Waals surface area contributed by atoms with Crippen LogP contribution in [0.2, 0.25) is 0 Å². The smallest absolute Gasteiger partial charge is 0.416 e. The van der Waals surface area contributed by atoms with Gasteiger partial charge in [-0.05, 0) is 23.5 Å². The van der Waals surface area contributed by atoms with Crippen LogP contribution in [0.5, 0.6) is 0 Å². The average molecular weight is 398 g/mol. The molecule has 1 N–H and O–H groups in total. The Kier molecular flexibility index (Phi) is 4.66. The summed E-state index contributed by atoms with van der Waals surface area (Å²) in [6.45, 7) is -0.0240. The summed E-state index contributed by atoms with van der Waals surface area (Å²) in [5, 5.41) is 25.3. The van der Waals surface area contributed by atoms with Gasteiger partial charge in [-0.25, -0.2) is 0 Å². The molecule has 0 saturated carbocycles. The maximum absolute atomic E-state index is 12.9. The molecular weight excluding hydrogens is 389 g/mol. The molecule has 0 unspecified atom stereocenters. The summed E-state index contributed by atoms with van der Waals surface area (Å²) in [6.07, 6.45) is -3.38. The molecular formula is C15H9F3N4O4S. The van der Waals surface area contributed by atoms with Crippen molar-refractivity contribution in [2.45, 2.75) is 12.7 Å². The number of carbonyl (C=O) groups is 1. The molecule has 0 saturated heterocycles. The molecule has 3 rings (SSSR count). The van der Waals surface area contributed by atoms with Crippen molar-refractivity contribution in [3.63, 3.8) is 0 Å². The van der Waals surface area contributed by atoms with Crippen LogP contribution >= 0.6 is 11.3 Å². The second-order valence-corrected chi connectivity index (χ2v) is 6.30. The Morgan fingerprint density at radius 2 is 2.07 bits per heavy atom. The number of halogens is 3. The highest BCUT2D eigenvalue weighted by molar-refractivity contribution is 7.20. The number of nitrogens with zero attached hydrogens (tertiary/aromatic N) is 3. The Morgan fingerprint density at radius 1 is 1.33 bits per heavy atom. The third kappa shape index (κ3) is 3.65. The van der Waals surface area contributed by atoms with Crippen LogP contribution in [0.1, 0.15) is 21.1 Å². The molecule has 0 aliphatic heterocycles. The molecule has 0 aliphatic carbocycles. The van der Waals surface area contributed by atoms with E-state index in [4.69, 9.17) is 0 Å². The number of alkyl halides is 3. The van der Waals surface area contributed by atoms with Crippen molar-refractivity contribution in [3.8, 4) is 0 Å². The first kappa shape index (κ1) is 18.5. The molecule has 8 nitrogen and oxygen atoms in total. The van der Waals surface area contributed by atoms with Crippen molar-refractivity contribution in [1.29, 1.82) is 0 Å². The minimum Gasteiger partial charge on any atom is -0.617 e. The number of non-ortho nitro benzene ring substituents is 1. The van der Waals surface area contributed by atoms with E-state index in [0.717, 1.165) is 0 Å². The predicted molar refractivity (Wildman–Crippen MR) is 87.8 cm³/mol. The first-order valence-electron chi connectivity index (χ1n) is 7.28. The second kappa shape index (κ2) is 6.79. The molecule has 0 radical (unpaired) electrons. The van der Waals surface area contributed by atoms with Crippen LogP contribution in [0.25, 0.3) is 10.2 Å². The quantitative estimate of drug-likeness (QED) is 0.314. The molecule has 1 aromatic carbocycles. The number of nitro groups is 1.